The van der Waals surface area contributed by atoms with Crippen LogP contribution in [0.25, 0.3) is 21.7 Å². The fourth-order valence-electron chi connectivity index (χ4n) is 1.94. The van der Waals surface area contributed by atoms with E-state index >= 15 is 0 Å². The van der Waals surface area contributed by atoms with Gasteiger partial charge in [-0.3, -0.25) is 4.79 Å². The van der Waals surface area contributed by atoms with Gasteiger partial charge in [0.05, 0.1) is 10.9 Å². The molecule has 0 bridgehead atoms. The fraction of sp³-hybridized carbons (Fsp3) is 0. The zero-order valence-electron chi connectivity index (χ0n) is 8.73. The molecule has 16 heavy (non-hydrogen) atoms. The van der Waals surface area contributed by atoms with E-state index in [4.69, 9.17) is 0 Å². The zero-order chi connectivity index (χ0) is 10.3. The minimum Gasteiger partial charge on any atom is -0.361 e. The van der Waals surface area contributed by atoms with E-state index in [2.05, 4.69) is 4.98 Å². The Morgan fingerprint density at radius 2 is 1.62 bits per heavy atom. The van der Waals surface area contributed by atoms with Crippen molar-refractivity contribution in [2.75, 3.05) is 0 Å². The molecule has 3 rings (SSSR count). The minimum absolute atomic E-state index is 0. The monoisotopic (exact) mass is 259 g/mol. The summed E-state index contributed by atoms with van der Waals surface area (Å²) in [6.45, 7) is 0. The molecule has 0 aliphatic rings. The Morgan fingerprint density at radius 3 is 2.50 bits per heavy atom. The van der Waals surface area contributed by atoms with Crippen LogP contribution in [0.3, 0.4) is 0 Å². The first kappa shape index (κ1) is 11.0. The van der Waals surface area contributed by atoms with Crippen LogP contribution in [0, 0.1) is 0 Å². The molecule has 0 unspecified atom stereocenters. The summed E-state index contributed by atoms with van der Waals surface area (Å²) in [5, 5.41) is 2.82. The van der Waals surface area contributed by atoms with Gasteiger partial charge in [0.1, 0.15) is 0 Å². The Labute approximate surface area is 105 Å². The van der Waals surface area contributed by atoms with Gasteiger partial charge in [-0.15, -0.1) is 0 Å². The van der Waals surface area contributed by atoms with Crippen molar-refractivity contribution in [1.82, 2.24) is 4.98 Å². The number of hydrogen-bond donors (Lipinski definition) is 1. The Balaban J connectivity index is 0.000000963. The van der Waals surface area contributed by atoms with Crippen molar-refractivity contribution in [1.29, 1.82) is 0 Å². The summed E-state index contributed by atoms with van der Waals surface area (Å²) in [6.07, 6.45) is 1.84. The van der Waals surface area contributed by atoms with Crippen LogP contribution in [-0.4, -0.2) is 4.98 Å². The maximum Gasteiger partial charge on any atom is 0.188 e. The van der Waals surface area contributed by atoms with Crippen molar-refractivity contribution in [2.45, 2.75) is 0 Å². The molecule has 1 N–H and O–H groups in total. The summed E-state index contributed by atoms with van der Waals surface area (Å²) >= 11 is 0. The first-order chi connectivity index (χ1) is 7.36. The van der Waals surface area contributed by atoms with Gasteiger partial charge in [-0.25, -0.2) is 0 Å². The summed E-state index contributed by atoms with van der Waals surface area (Å²) in [5.41, 5.74) is 0.987. The quantitative estimate of drug-likeness (QED) is 0.489. The standard InChI is InChI=1S/C13H9NO.Zn/c15-11-5-1-3-9-6-7-10-4-2-8-14-13(10)12(9)11;/h1-8,14H;. The smallest absolute Gasteiger partial charge is 0.188 e. The first-order valence-electron chi connectivity index (χ1n) is 4.85. The van der Waals surface area contributed by atoms with Gasteiger partial charge in [0.2, 0.25) is 0 Å². The van der Waals surface area contributed by atoms with E-state index in [-0.39, 0.29) is 24.9 Å². The number of hydrogen-bond acceptors (Lipinski definition) is 1. The molecule has 0 saturated carbocycles. The number of H-pyrrole nitrogens is 1. The summed E-state index contributed by atoms with van der Waals surface area (Å²) in [4.78, 5) is 14.9. The van der Waals surface area contributed by atoms with Gasteiger partial charge in [0.25, 0.3) is 0 Å². The van der Waals surface area contributed by atoms with E-state index in [1.54, 1.807) is 12.1 Å². The third-order valence-electron chi connectivity index (χ3n) is 2.64. The Hall–Kier alpha value is -1.47. The van der Waals surface area contributed by atoms with Gasteiger partial charge in [-0.2, -0.15) is 0 Å². The predicted molar refractivity (Wildman–Crippen MR) is 62.1 cm³/mol. The van der Waals surface area contributed by atoms with Gasteiger partial charge < -0.3 is 4.98 Å². The van der Waals surface area contributed by atoms with Crippen molar-refractivity contribution in [3.05, 3.63) is 58.9 Å². The maximum atomic E-state index is 11.8. The SMILES string of the molecule is O=c1cccc2ccc3ccc[nH]c3c12.[Zn]. The zero-order valence-corrected chi connectivity index (χ0v) is 11.7. The second-order valence-electron chi connectivity index (χ2n) is 3.55. The van der Waals surface area contributed by atoms with E-state index in [1.807, 2.05) is 36.5 Å². The maximum absolute atomic E-state index is 11.8. The molecule has 1 aromatic heterocycles. The number of aromatic amines is 1. The van der Waals surface area contributed by atoms with Crippen LogP contribution in [-0.2, 0) is 19.5 Å². The molecule has 0 amide bonds. The van der Waals surface area contributed by atoms with E-state index in [0.29, 0.717) is 0 Å². The Bertz CT molecular complexity index is 703. The normalized spacial score (nSPS) is 10.2. The number of nitrogens with one attached hydrogen (secondary N) is 1. The second kappa shape index (κ2) is 4.19. The molecule has 3 aromatic rings. The molecule has 0 atom stereocenters. The van der Waals surface area contributed by atoms with Crippen molar-refractivity contribution < 1.29 is 19.5 Å². The predicted octanol–water partition coefficient (Wildman–Crippen LogP) is 2.68. The number of rotatable bonds is 0. The molecule has 0 aliphatic carbocycles. The van der Waals surface area contributed by atoms with Crippen LogP contribution in [0.4, 0.5) is 0 Å². The summed E-state index contributed by atoms with van der Waals surface area (Å²) < 4.78 is 0. The molecular formula is C13H9NOZn. The summed E-state index contributed by atoms with van der Waals surface area (Å²) in [6, 6.07) is 13.3. The molecule has 2 nitrogen and oxygen atoms in total. The molecule has 0 saturated heterocycles. The molecular weight excluding hydrogens is 252 g/mol. The van der Waals surface area contributed by atoms with Gasteiger partial charge in [0, 0.05) is 25.7 Å². The average Bonchev–Trinajstić information content (AvgIpc) is 2.29. The van der Waals surface area contributed by atoms with Crippen molar-refractivity contribution in [3.8, 4) is 0 Å². The fourth-order valence-corrected chi connectivity index (χ4v) is 1.94. The number of pyridine rings is 1. The number of fused-ring (bicyclic) bond motifs is 3. The van der Waals surface area contributed by atoms with Crippen LogP contribution >= 0.6 is 0 Å². The van der Waals surface area contributed by atoms with Crippen LogP contribution in [0.1, 0.15) is 0 Å². The molecule has 0 aliphatic heterocycles. The molecule has 0 spiro atoms. The van der Waals surface area contributed by atoms with E-state index in [0.717, 1.165) is 21.7 Å². The summed E-state index contributed by atoms with van der Waals surface area (Å²) in [7, 11) is 0. The minimum atomic E-state index is 0. The third kappa shape index (κ3) is 1.58. The van der Waals surface area contributed by atoms with E-state index in [9.17, 15) is 4.79 Å². The van der Waals surface area contributed by atoms with Crippen molar-refractivity contribution >= 4 is 21.7 Å². The van der Waals surface area contributed by atoms with Crippen LogP contribution in [0.15, 0.2) is 53.5 Å². The van der Waals surface area contributed by atoms with Gasteiger partial charge in [-0.05, 0) is 22.9 Å². The number of benzene rings is 2. The topological polar surface area (TPSA) is 32.9 Å². The van der Waals surface area contributed by atoms with Crippen LogP contribution in [0.5, 0.6) is 0 Å². The molecule has 3 heteroatoms. The van der Waals surface area contributed by atoms with Crippen LogP contribution in [0.2, 0.25) is 0 Å². The average molecular weight is 261 g/mol. The van der Waals surface area contributed by atoms with Gasteiger partial charge in [0.15, 0.2) is 5.43 Å². The summed E-state index contributed by atoms with van der Waals surface area (Å²) in [5.74, 6) is 0. The third-order valence-corrected chi connectivity index (χ3v) is 2.64. The van der Waals surface area contributed by atoms with Crippen molar-refractivity contribution in [3.63, 3.8) is 0 Å². The van der Waals surface area contributed by atoms with Crippen LogP contribution < -0.4 is 5.43 Å². The first-order valence-corrected chi connectivity index (χ1v) is 4.85. The largest absolute Gasteiger partial charge is 0.361 e. The van der Waals surface area contributed by atoms with E-state index in [1.165, 1.54) is 0 Å². The second-order valence-corrected chi connectivity index (χ2v) is 3.55. The molecule has 0 fully saturated rings. The van der Waals surface area contributed by atoms with E-state index < -0.39 is 0 Å². The van der Waals surface area contributed by atoms with Gasteiger partial charge >= 0.3 is 0 Å². The Kier molecular flexibility index (Phi) is 2.89. The molecule has 0 radical (unpaired) electrons. The molecule has 74 valence electrons. The molecule has 1 heterocycles. The molecule has 2 aromatic carbocycles. The number of aromatic nitrogens is 1. The van der Waals surface area contributed by atoms with Crippen molar-refractivity contribution in [2.24, 2.45) is 0 Å². The van der Waals surface area contributed by atoms with Gasteiger partial charge in [-0.1, -0.05) is 30.3 Å². The Morgan fingerprint density at radius 1 is 0.875 bits per heavy atom.